The molecular weight excluding hydrogens is 312 g/mol. The number of fused-ring (bicyclic) bond motifs is 3. The van der Waals surface area contributed by atoms with Gasteiger partial charge in [-0.25, -0.2) is 11.4 Å². The Labute approximate surface area is 148 Å². The maximum atomic E-state index is 12.2. The van der Waals surface area contributed by atoms with Crippen LogP contribution in [0.4, 0.5) is 4.79 Å². The molecule has 0 unspecified atom stereocenters. The van der Waals surface area contributed by atoms with Gasteiger partial charge in [0.1, 0.15) is 12.6 Å². The second-order valence-electron chi connectivity index (χ2n) is 6.66. The number of carbonyl (C=O) groups is 1. The number of ether oxygens (including phenoxy) is 1. The smallest absolute Gasteiger partial charge is 0.407 e. The van der Waals surface area contributed by atoms with Gasteiger partial charge < -0.3 is 14.9 Å². The number of alkyl carbamates (subject to hydrolysis) is 1. The van der Waals surface area contributed by atoms with Crippen LogP contribution < -0.4 is 5.32 Å². The number of benzene rings is 2. The Morgan fingerprint density at radius 1 is 1.12 bits per heavy atom. The summed E-state index contributed by atoms with van der Waals surface area (Å²) in [5.74, 6) is 0.242. The molecule has 0 saturated carbocycles. The van der Waals surface area contributed by atoms with Gasteiger partial charge in [-0.3, -0.25) is 0 Å². The van der Waals surface area contributed by atoms with Gasteiger partial charge in [-0.2, -0.15) is 0 Å². The molecule has 4 heteroatoms. The van der Waals surface area contributed by atoms with Crippen molar-refractivity contribution < 1.29 is 9.53 Å². The minimum absolute atomic E-state index is 0.0523. The van der Waals surface area contributed by atoms with Crippen molar-refractivity contribution in [3.05, 3.63) is 71.1 Å². The molecule has 128 valence electrons. The first-order valence-electron chi connectivity index (χ1n) is 8.56. The minimum atomic E-state index is -0.454. The second-order valence-corrected chi connectivity index (χ2v) is 6.66. The molecule has 1 atom stereocenters. The van der Waals surface area contributed by atoms with E-state index in [9.17, 15) is 4.79 Å². The molecule has 0 aliphatic heterocycles. The van der Waals surface area contributed by atoms with Crippen LogP contribution in [0.1, 0.15) is 30.9 Å². The van der Waals surface area contributed by atoms with E-state index >= 15 is 0 Å². The number of carbonyl (C=O) groups excluding carboxylic acids is 1. The van der Waals surface area contributed by atoms with Gasteiger partial charge in [0.2, 0.25) is 6.54 Å². The van der Waals surface area contributed by atoms with Crippen molar-refractivity contribution in [2.45, 2.75) is 25.8 Å². The fourth-order valence-electron chi connectivity index (χ4n) is 3.31. The zero-order chi connectivity index (χ0) is 17.8. The fraction of sp³-hybridized carbons (Fsp3) is 0.333. The highest BCUT2D eigenvalue weighted by molar-refractivity contribution is 5.79. The number of hydrogen-bond acceptors (Lipinski definition) is 2. The summed E-state index contributed by atoms with van der Waals surface area (Å²) in [7, 11) is 0. The average molecular weight is 334 g/mol. The van der Waals surface area contributed by atoms with E-state index in [1.54, 1.807) is 0 Å². The molecule has 1 aliphatic rings. The molecule has 25 heavy (non-hydrogen) atoms. The Morgan fingerprint density at radius 3 is 2.20 bits per heavy atom. The van der Waals surface area contributed by atoms with E-state index in [0.717, 1.165) is 0 Å². The van der Waals surface area contributed by atoms with Crippen molar-refractivity contribution in [3.63, 3.8) is 0 Å². The Morgan fingerprint density at radius 2 is 1.68 bits per heavy atom. The quantitative estimate of drug-likeness (QED) is 0.820. The fourth-order valence-corrected chi connectivity index (χ4v) is 3.31. The molecular formula is C21H22N2O2. The molecule has 3 rings (SSSR count). The highest BCUT2D eigenvalue weighted by atomic mass is 16.5. The van der Waals surface area contributed by atoms with Crippen LogP contribution in [-0.4, -0.2) is 25.3 Å². The molecule has 1 N–H and O–H groups in total. The molecule has 0 heterocycles. The SMILES string of the molecule is [C-]#[N+]C[C@@H](NC(=O)OCC1c2ccccc2-c2ccccc21)C(C)C. The molecule has 0 bridgehead atoms. The predicted molar refractivity (Wildman–Crippen MR) is 98.3 cm³/mol. The lowest BCUT2D eigenvalue weighted by Gasteiger charge is -2.19. The van der Waals surface area contributed by atoms with Gasteiger partial charge in [0.15, 0.2) is 0 Å². The third kappa shape index (κ3) is 3.51. The number of nitrogens with one attached hydrogen (secondary N) is 1. The van der Waals surface area contributed by atoms with E-state index in [0.29, 0.717) is 6.61 Å². The van der Waals surface area contributed by atoms with Crippen LogP contribution in [-0.2, 0) is 4.74 Å². The summed E-state index contributed by atoms with van der Waals surface area (Å²) in [6, 6.07) is 16.3. The second kappa shape index (κ2) is 7.40. The van der Waals surface area contributed by atoms with Gasteiger partial charge in [-0.05, 0) is 28.2 Å². The minimum Gasteiger partial charge on any atom is -0.449 e. The molecule has 1 amide bonds. The largest absolute Gasteiger partial charge is 0.449 e. The van der Waals surface area contributed by atoms with Crippen LogP contribution in [0.25, 0.3) is 16.0 Å². The lowest BCUT2D eigenvalue weighted by Crippen LogP contribution is -2.41. The Hall–Kier alpha value is -2.80. The van der Waals surface area contributed by atoms with Gasteiger partial charge in [0, 0.05) is 5.92 Å². The lowest BCUT2D eigenvalue weighted by atomic mass is 9.98. The first-order valence-corrected chi connectivity index (χ1v) is 8.56. The van der Waals surface area contributed by atoms with Crippen molar-refractivity contribution in [2.75, 3.05) is 13.2 Å². The summed E-state index contributed by atoms with van der Waals surface area (Å²) < 4.78 is 5.51. The van der Waals surface area contributed by atoms with Crippen molar-refractivity contribution >= 4 is 6.09 Å². The highest BCUT2D eigenvalue weighted by Gasteiger charge is 2.29. The van der Waals surface area contributed by atoms with Crippen LogP contribution in [0, 0.1) is 12.5 Å². The summed E-state index contributed by atoms with van der Waals surface area (Å²) >= 11 is 0. The van der Waals surface area contributed by atoms with Crippen LogP contribution in [0.15, 0.2) is 48.5 Å². The Bertz CT molecular complexity index is 762. The van der Waals surface area contributed by atoms with Gasteiger partial charge in [0.25, 0.3) is 0 Å². The monoisotopic (exact) mass is 334 g/mol. The van der Waals surface area contributed by atoms with E-state index in [2.05, 4.69) is 34.4 Å². The molecule has 0 fully saturated rings. The first kappa shape index (κ1) is 17.0. The lowest BCUT2D eigenvalue weighted by molar-refractivity contribution is 0.137. The zero-order valence-electron chi connectivity index (χ0n) is 14.5. The molecule has 0 saturated heterocycles. The van der Waals surface area contributed by atoms with Crippen LogP contribution >= 0.6 is 0 Å². The van der Waals surface area contributed by atoms with Crippen molar-refractivity contribution in [1.82, 2.24) is 5.32 Å². The van der Waals surface area contributed by atoms with E-state index in [4.69, 9.17) is 11.3 Å². The van der Waals surface area contributed by atoms with Gasteiger partial charge in [-0.15, -0.1) is 0 Å². The standard InChI is InChI=1S/C21H22N2O2/c1-14(2)20(12-22-3)23-21(24)25-13-19-17-10-6-4-8-15(17)16-9-5-7-11-18(16)19/h4-11,14,19-20H,12-13H2,1-2H3,(H,23,24)/t20-/m1/s1. The molecule has 1 aliphatic carbocycles. The highest BCUT2D eigenvalue weighted by Crippen LogP contribution is 2.44. The predicted octanol–water partition coefficient (Wildman–Crippen LogP) is 4.47. The molecule has 2 aromatic carbocycles. The number of amides is 1. The summed E-state index contributed by atoms with van der Waals surface area (Å²) in [6.07, 6.45) is -0.454. The van der Waals surface area contributed by atoms with Crippen molar-refractivity contribution in [2.24, 2.45) is 5.92 Å². The van der Waals surface area contributed by atoms with E-state index in [1.165, 1.54) is 22.3 Å². The van der Waals surface area contributed by atoms with E-state index in [1.807, 2.05) is 38.1 Å². The third-order valence-corrected chi connectivity index (χ3v) is 4.74. The maximum Gasteiger partial charge on any atom is 0.407 e. The van der Waals surface area contributed by atoms with Crippen LogP contribution in [0.5, 0.6) is 0 Å². The first-order chi connectivity index (χ1) is 12.1. The van der Waals surface area contributed by atoms with Gasteiger partial charge in [0.05, 0.1) is 0 Å². The summed E-state index contributed by atoms with van der Waals surface area (Å²) in [5.41, 5.74) is 4.80. The van der Waals surface area contributed by atoms with Crippen LogP contribution in [0.2, 0.25) is 0 Å². The molecule has 0 spiro atoms. The maximum absolute atomic E-state index is 12.2. The third-order valence-electron chi connectivity index (χ3n) is 4.74. The number of rotatable bonds is 5. The number of nitrogens with zero attached hydrogens (tertiary/aromatic N) is 1. The van der Waals surface area contributed by atoms with Gasteiger partial charge in [-0.1, -0.05) is 62.4 Å². The van der Waals surface area contributed by atoms with E-state index < -0.39 is 6.09 Å². The average Bonchev–Trinajstić information content (AvgIpc) is 2.93. The Balaban J connectivity index is 1.71. The van der Waals surface area contributed by atoms with Crippen LogP contribution in [0.3, 0.4) is 0 Å². The molecule has 0 radical (unpaired) electrons. The summed E-state index contributed by atoms with van der Waals surface area (Å²) in [5, 5.41) is 2.81. The molecule has 0 aromatic heterocycles. The van der Waals surface area contributed by atoms with Crippen molar-refractivity contribution in [1.29, 1.82) is 0 Å². The van der Waals surface area contributed by atoms with Gasteiger partial charge >= 0.3 is 6.09 Å². The van der Waals surface area contributed by atoms with Crippen molar-refractivity contribution in [3.8, 4) is 11.1 Å². The molecule has 4 nitrogen and oxygen atoms in total. The Kier molecular flexibility index (Phi) is 5.04. The normalized spacial score (nSPS) is 13.7. The number of hydrogen-bond donors (Lipinski definition) is 1. The molecule has 2 aromatic rings. The zero-order valence-corrected chi connectivity index (χ0v) is 14.5. The van der Waals surface area contributed by atoms with E-state index in [-0.39, 0.29) is 24.4 Å². The topological polar surface area (TPSA) is 42.7 Å². The summed E-state index contributed by atoms with van der Waals surface area (Å²) in [4.78, 5) is 15.6. The summed E-state index contributed by atoms with van der Waals surface area (Å²) in [6.45, 7) is 11.5.